The van der Waals surface area contributed by atoms with Crippen LogP contribution in [0, 0.1) is 6.92 Å². The Hall–Kier alpha value is -1.32. The van der Waals surface area contributed by atoms with Gasteiger partial charge < -0.3 is 5.73 Å². The summed E-state index contributed by atoms with van der Waals surface area (Å²) in [5, 5.41) is 1.11. The third-order valence-corrected chi connectivity index (χ3v) is 4.43. The Balaban J connectivity index is 2.05. The summed E-state index contributed by atoms with van der Waals surface area (Å²) in [5.74, 6) is 0.951. The summed E-state index contributed by atoms with van der Waals surface area (Å²) in [6.45, 7) is 4.25. The maximum absolute atomic E-state index is 6.06. The predicted molar refractivity (Wildman–Crippen MR) is 86.9 cm³/mol. The SMILES string of the molecule is CCC(N)Cc1cccnc1SCc1cccc(C)c1. The fourth-order valence-electron chi connectivity index (χ4n) is 2.09. The molecule has 1 aromatic heterocycles. The number of aromatic nitrogens is 1. The van der Waals surface area contributed by atoms with Gasteiger partial charge in [0.2, 0.25) is 0 Å². The first-order valence-electron chi connectivity index (χ1n) is 7.07. The zero-order valence-corrected chi connectivity index (χ0v) is 13.0. The normalized spacial score (nSPS) is 12.3. The van der Waals surface area contributed by atoms with Gasteiger partial charge in [0.25, 0.3) is 0 Å². The van der Waals surface area contributed by atoms with Crippen molar-refractivity contribution in [1.29, 1.82) is 0 Å². The Morgan fingerprint density at radius 2 is 2.10 bits per heavy atom. The van der Waals surface area contributed by atoms with E-state index in [4.69, 9.17) is 5.73 Å². The van der Waals surface area contributed by atoms with Crippen molar-refractivity contribution >= 4 is 11.8 Å². The van der Waals surface area contributed by atoms with Crippen LogP contribution in [0.5, 0.6) is 0 Å². The van der Waals surface area contributed by atoms with E-state index >= 15 is 0 Å². The zero-order chi connectivity index (χ0) is 14.4. The first kappa shape index (κ1) is 15.1. The molecule has 0 fully saturated rings. The van der Waals surface area contributed by atoms with Crippen LogP contribution < -0.4 is 5.73 Å². The number of nitrogens with two attached hydrogens (primary N) is 1. The molecule has 0 radical (unpaired) electrons. The van der Waals surface area contributed by atoms with Crippen molar-refractivity contribution in [2.24, 2.45) is 5.73 Å². The van der Waals surface area contributed by atoms with E-state index < -0.39 is 0 Å². The Morgan fingerprint density at radius 3 is 2.85 bits per heavy atom. The van der Waals surface area contributed by atoms with Crippen molar-refractivity contribution in [2.45, 2.75) is 43.5 Å². The van der Waals surface area contributed by atoms with Gasteiger partial charge in [-0.25, -0.2) is 4.98 Å². The molecule has 2 nitrogen and oxygen atoms in total. The van der Waals surface area contributed by atoms with E-state index in [0.29, 0.717) is 0 Å². The second-order valence-electron chi connectivity index (χ2n) is 5.12. The van der Waals surface area contributed by atoms with Crippen LogP contribution >= 0.6 is 11.8 Å². The van der Waals surface area contributed by atoms with Crippen molar-refractivity contribution in [1.82, 2.24) is 4.98 Å². The fraction of sp³-hybridized carbons (Fsp3) is 0.353. The first-order chi connectivity index (χ1) is 9.69. The summed E-state index contributed by atoms with van der Waals surface area (Å²) in [6, 6.07) is 13.0. The molecule has 1 heterocycles. The van der Waals surface area contributed by atoms with Gasteiger partial charge in [-0.05, 0) is 37.0 Å². The molecule has 1 aromatic carbocycles. The molecule has 0 amide bonds. The average molecular weight is 286 g/mol. The molecule has 0 aliphatic heterocycles. The van der Waals surface area contributed by atoms with Gasteiger partial charge in [0.05, 0.1) is 5.03 Å². The predicted octanol–water partition coefficient (Wildman–Crippen LogP) is 3.96. The molecule has 2 N–H and O–H groups in total. The lowest BCUT2D eigenvalue weighted by atomic mass is 10.1. The van der Waals surface area contributed by atoms with Gasteiger partial charge >= 0.3 is 0 Å². The Bertz CT molecular complexity index is 554. The Labute approximate surface area is 125 Å². The number of pyridine rings is 1. The van der Waals surface area contributed by atoms with Crippen LogP contribution in [0.2, 0.25) is 0 Å². The smallest absolute Gasteiger partial charge is 0.0995 e. The van der Waals surface area contributed by atoms with Crippen LogP contribution in [0.15, 0.2) is 47.6 Å². The van der Waals surface area contributed by atoms with Crippen LogP contribution in [0.3, 0.4) is 0 Å². The molecule has 2 rings (SSSR count). The second-order valence-corrected chi connectivity index (χ2v) is 6.08. The van der Waals surface area contributed by atoms with E-state index in [2.05, 4.69) is 49.2 Å². The lowest BCUT2D eigenvalue weighted by Gasteiger charge is -2.12. The monoisotopic (exact) mass is 286 g/mol. The fourth-order valence-corrected chi connectivity index (χ4v) is 3.04. The maximum atomic E-state index is 6.06. The van der Waals surface area contributed by atoms with Gasteiger partial charge in [0.15, 0.2) is 0 Å². The summed E-state index contributed by atoms with van der Waals surface area (Å²) in [5.41, 5.74) is 9.97. The third kappa shape index (κ3) is 4.36. The topological polar surface area (TPSA) is 38.9 Å². The minimum Gasteiger partial charge on any atom is -0.327 e. The van der Waals surface area contributed by atoms with Crippen LogP contribution in [0.4, 0.5) is 0 Å². The van der Waals surface area contributed by atoms with Crippen LogP contribution in [-0.4, -0.2) is 11.0 Å². The third-order valence-electron chi connectivity index (χ3n) is 3.31. The van der Waals surface area contributed by atoms with Crippen LogP contribution in [0.1, 0.15) is 30.0 Å². The molecule has 1 unspecified atom stereocenters. The number of aryl methyl sites for hydroxylation is 1. The summed E-state index contributed by atoms with van der Waals surface area (Å²) < 4.78 is 0. The molecule has 20 heavy (non-hydrogen) atoms. The van der Waals surface area contributed by atoms with E-state index in [0.717, 1.165) is 23.6 Å². The summed E-state index contributed by atoms with van der Waals surface area (Å²) in [7, 11) is 0. The molecular weight excluding hydrogens is 264 g/mol. The molecule has 0 aliphatic rings. The minimum absolute atomic E-state index is 0.220. The molecule has 0 aliphatic carbocycles. The summed E-state index contributed by atoms with van der Waals surface area (Å²) in [4.78, 5) is 4.51. The summed E-state index contributed by atoms with van der Waals surface area (Å²) in [6.07, 6.45) is 3.76. The average Bonchev–Trinajstić information content (AvgIpc) is 2.46. The molecule has 106 valence electrons. The maximum Gasteiger partial charge on any atom is 0.0995 e. The molecule has 0 saturated carbocycles. The van der Waals surface area contributed by atoms with Crippen molar-refractivity contribution in [3.05, 3.63) is 59.3 Å². The van der Waals surface area contributed by atoms with E-state index in [1.54, 1.807) is 11.8 Å². The van der Waals surface area contributed by atoms with E-state index in [1.807, 2.05) is 12.3 Å². The van der Waals surface area contributed by atoms with Gasteiger partial charge in [-0.3, -0.25) is 0 Å². The highest BCUT2D eigenvalue weighted by atomic mass is 32.2. The highest BCUT2D eigenvalue weighted by Crippen LogP contribution is 2.25. The number of rotatable bonds is 6. The van der Waals surface area contributed by atoms with E-state index in [-0.39, 0.29) is 6.04 Å². The molecule has 0 bridgehead atoms. The lowest BCUT2D eigenvalue weighted by molar-refractivity contribution is 0.637. The number of thioether (sulfide) groups is 1. The van der Waals surface area contributed by atoms with Gasteiger partial charge in [-0.1, -0.05) is 42.8 Å². The van der Waals surface area contributed by atoms with Gasteiger partial charge in [0, 0.05) is 18.0 Å². The van der Waals surface area contributed by atoms with Gasteiger partial charge in [-0.15, -0.1) is 11.8 Å². The quantitative estimate of drug-likeness (QED) is 0.817. The van der Waals surface area contributed by atoms with E-state index in [9.17, 15) is 0 Å². The van der Waals surface area contributed by atoms with Crippen LogP contribution in [-0.2, 0) is 12.2 Å². The van der Waals surface area contributed by atoms with Gasteiger partial charge in [0.1, 0.15) is 0 Å². The highest BCUT2D eigenvalue weighted by Gasteiger charge is 2.08. The highest BCUT2D eigenvalue weighted by molar-refractivity contribution is 7.98. The van der Waals surface area contributed by atoms with Crippen molar-refractivity contribution in [2.75, 3.05) is 0 Å². The number of hydrogen-bond acceptors (Lipinski definition) is 3. The summed E-state index contributed by atoms with van der Waals surface area (Å²) >= 11 is 1.79. The molecule has 2 aromatic rings. The van der Waals surface area contributed by atoms with Crippen molar-refractivity contribution in [3.63, 3.8) is 0 Å². The first-order valence-corrected chi connectivity index (χ1v) is 8.05. The van der Waals surface area contributed by atoms with Crippen molar-refractivity contribution < 1.29 is 0 Å². The minimum atomic E-state index is 0.220. The lowest BCUT2D eigenvalue weighted by Crippen LogP contribution is -2.21. The zero-order valence-electron chi connectivity index (χ0n) is 12.2. The standard InChI is InChI=1S/C17H22N2S/c1-3-16(18)11-15-8-5-9-19-17(15)20-12-14-7-4-6-13(2)10-14/h4-10,16H,3,11-12,18H2,1-2H3. The molecule has 3 heteroatoms. The van der Waals surface area contributed by atoms with Gasteiger partial charge in [-0.2, -0.15) is 0 Å². The Kier molecular flexibility index (Phi) is 5.62. The van der Waals surface area contributed by atoms with Crippen LogP contribution in [0.25, 0.3) is 0 Å². The van der Waals surface area contributed by atoms with Crippen molar-refractivity contribution in [3.8, 4) is 0 Å². The largest absolute Gasteiger partial charge is 0.327 e. The number of benzene rings is 1. The number of hydrogen-bond donors (Lipinski definition) is 1. The molecule has 0 saturated heterocycles. The molecule has 1 atom stereocenters. The Morgan fingerprint density at radius 1 is 1.25 bits per heavy atom. The van der Waals surface area contributed by atoms with E-state index in [1.165, 1.54) is 16.7 Å². The second kappa shape index (κ2) is 7.46. The number of nitrogens with zero attached hydrogens (tertiary/aromatic N) is 1. The molecule has 0 spiro atoms. The molecular formula is C17H22N2S.